The quantitative estimate of drug-likeness (QED) is 0.441. The number of hydrogen-bond donors (Lipinski definition) is 1. The largest absolute Gasteiger partial charge is 0.469 e. The number of esters is 1. The first-order valence-corrected chi connectivity index (χ1v) is 10.2. The van der Waals surface area contributed by atoms with Crippen LogP contribution in [0.15, 0.2) is 39.9 Å². The van der Waals surface area contributed by atoms with Gasteiger partial charge in [0, 0.05) is 13.1 Å². The van der Waals surface area contributed by atoms with Gasteiger partial charge in [0.2, 0.25) is 0 Å². The summed E-state index contributed by atoms with van der Waals surface area (Å²) in [6.07, 6.45) is 0. The van der Waals surface area contributed by atoms with Crippen LogP contribution in [-0.2, 0) is 22.6 Å². The van der Waals surface area contributed by atoms with Gasteiger partial charge in [0.05, 0.1) is 26.1 Å². The van der Waals surface area contributed by atoms with Crippen LogP contribution in [0.2, 0.25) is 0 Å². The second kappa shape index (κ2) is 10.7. The lowest BCUT2D eigenvalue weighted by Crippen LogP contribution is -2.45. The number of ketones is 1. The fourth-order valence-corrected chi connectivity index (χ4v) is 3.43. The summed E-state index contributed by atoms with van der Waals surface area (Å²) in [4.78, 5) is 52.3. The summed E-state index contributed by atoms with van der Waals surface area (Å²) in [5, 5.41) is 0. The van der Waals surface area contributed by atoms with Gasteiger partial charge in [0.25, 0.3) is 5.56 Å². The number of carbonyl (C=O) groups is 2. The van der Waals surface area contributed by atoms with Crippen LogP contribution in [0.25, 0.3) is 0 Å². The second-order valence-corrected chi connectivity index (χ2v) is 7.34. The van der Waals surface area contributed by atoms with Gasteiger partial charge in [0.1, 0.15) is 11.4 Å². The van der Waals surface area contributed by atoms with E-state index in [1.54, 1.807) is 18.7 Å². The molecule has 0 spiro atoms. The summed E-state index contributed by atoms with van der Waals surface area (Å²) in [6, 6.07) is 9.19. The Labute approximate surface area is 181 Å². The smallest absolute Gasteiger partial charge is 0.332 e. The monoisotopic (exact) mass is 430 g/mol. The lowest BCUT2D eigenvalue weighted by Gasteiger charge is -2.23. The van der Waals surface area contributed by atoms with Crippen LogP contribution in [-0.4, -0.2) is 52.5 Å². The van der Waals surface area contributed by atoms with Gasteiger partial charge in [-0.25, -0.2) is 4.79 Å². The number of nitrogens with zero attached hydrogens (tertiary/aromatic N) is 3. The predicted octanol–water partition coefficient (Wildman–Crippen LogP) is 0.974. The third-order valence-corrected chi connectivity index (χ3v) is 5.20. The molecular weight excluding hydrogens is 400 g/mol. The number of rotatable bonds is 10. The number of nitrogen functional groups attached to an aromatic ring is 1. The number of benzene rings is 1. The summed E-state index contributed by atoms with van der Waals surface area (Å²) >= 11 is 0. The number of carbonyl (C=O) groups excluding carboxylic acids is 2. The van der Waals surface area contributed by atoms with Gasteiger partial charge in [-0.3, -0.25) is 28.4 Å². The molecule has 0 fully saturated rings. The van der Waals surface area contributed by atoms with Crippen molar-refractivity contribution in [1.29, 1.82) is 0 Å². The van der Waals surface area contributed by atoms with Gasteiger partial charge < -0.3 is 10.5 Å². The molecule has 2 rings (SSSR count). The number of ether oxygens (including phenoxy) is 1. The maximum absolute atomic E-state index is 13.1. The highest BCUT2D eigenvalue weighted by Gasteiger charge is 2.25. The molecule has 31 heavy (non-hydrogen) atoms. The number of Topliss-reactive ketones (excluding diaryl/α,β-unsaturated/α-hetero) is 1. The fraction of sp³-hybridized carbons (Fsp3) is 0.455. The normalized spacial score (nSPS) is 12.0. The highest BCUT2D eigenvalue weighted by Crippen LogP contribution is 2.11. The topological polar surface area (TPSA) is 117 Å². The second-order valence-electron chi connectivity index (χ2n) is 7.34. The van der Waals surface area contributed by atoms with Crippen LogP contribution in [0.3, 0.4) is 0 Å². The van der Waals surface area contributed by atoms with E-state index < -0.39 is 23.0 Å². The molecule has 0 aliphatic heterocycles. The minimum atomic E-state index is -0.698. The molecule has 1 heterocycles. The van der Waals surface area contributed by atoms with E-state index in [4.69, 9.17) is 10.5 Å². The summed E-state index contributed by atoms with van der Waals surface area (Å²) in [5.74, 6) is -1.46. The molecule has 168 valence electrons. The van der Waals surface area contributed by atoms with Crippen molar-refractivity contribution in [1.82, 2.24) is 14.0 Å². The Morgan fingerprint density at radius 1 is 1.13 bits per heavy atom. The Bertz CT molecular complexity index is 1040. The van der Waals surface area contributed by atoms with Crippen molar-refractivity contribution in [3.8, 4) is 0 Å². The predicted molar refractivity (Wildman–Crippen MR) is 118 cm³/mol. The molecule has 0 amide bonds. The zero-order chi connectivity index (χ0) is 23.1. The van der Waals surface area contributed by atoms with Crippen molar-refractivity contribution in [2.45, 2.75) is 33.9 Å². The zero-order valence-electron chi connectivity index (χ0n) is 18.5. The van der Waals surface area contributed by atoms with Crippen molar-refractivity contribution >= 4 is 17.6 Å². The minimum absolute atomic E-state index is 0.107. The van der Waals surface area contributed by atoms with E-state index in [2.05, 4.69) is 0 Å². The standard InChI is InChI=1S/C22H30N4O5/c1-5-24(12-15(3)21(29)31-4)14-17(27)18-19(23)26(13-16-10-8-7-9-11-16)22(30)25(6-2)20(18)28/h7-11,15H,5-6,12-14,23H2,1-4H3. The molecule has 0 saturated heterocycles. The summed E-state index contributed by atoms with van der Waals surface area (Å²) in [6.45, 7) is 6.14. The Hall–Kier alpha value is -3.20. The average molecular weight is 431 g/mol. The highest BCUT2D eigenvalue weighted by molar-refractivity contribution is 6.01. The number of likely N-dealkylation sites (N-methyl/N-ethyl adjacent to an activating group) is 1. The molecule has 0 aliphatic rings. The Morgan fingerprint density at radius 3 is 2.32 bits per heavy atom. The van der Waals surface area contributed by atoms with Crippen molar-refractivity contribution in [3.05, 3.63) is 62.3 Å². The van der Waals surface area contributed by atoms with Gasteiger partial charge in [-0.2, -0.15) is 0 Å². The van der Waals surface area contributed by atoms with E-state index in [1.165, 1.54) is 11.7 Å². The molecule has 1 aromatic carbocycles. The van der Waals surface area contributed by atoms with E-state index in [-0.39, 0.29) is 37.0 Å². The Balaban J connectivity index is 2.43. The van der Waals surface area contributed by atoms with Gasteiger partial charge >= 0.3 is 11.7 Å². The number of aromatic nitrogens is 2. The van der Waals surface area contributed by atoms with E-state index in [0.717, 1.165) is 10.1 Å². The molecule has 2 N–H and O–H groups in total. The number of nitrogens with two attached hydrogens (primary N) is 1. The van der Waals surface area contributed by atoms with Crippen molar-refractivity contribution < 1.29 is 14.3 Å². The molecule has 1 atom stereocenters. The lowest BCUT2D eigenvalue weighted by molar-refractivity contribution is -0.145. The summed E-state index contributed by atoms with van der Waals surface area (Å²) in [7, 11) is 1.31. The van der Waals surface area contributed by atoms with Crippen molar-refractivity contribution in [2.24, 2.45) is 5.92 Å². The number of hydrogen-bond acceptors (Lipinski definition) is 7. The third-order valence-electron chi connectivity index (χ3n) is 5.20. The first kappa shape index (κ1) is 24.1. The first-order valence-electron chi connectivity index (χ1n) is 10.2. The number of anilines is 1. The zero-order valence-corrected chi connectivity index (χ0v) is 18.5. The van der Waals surface area contributed by atoms with Crippen molar-refractivity contribution in [2.75, 3.05) is 32.5 Å². The van der Waals surface area contributed by atoms with Gasteiger partial charge in [-0.15, -0.1) is 0 Å². The van der Waals surface area contributed by atoms with Gasteiger partial charge in [0.15, 0.2) is 5.78 Å². The third kappa shape index (κ3) is 5.49. The van der Waals surface area contributed by atoms with E-state index in [0.29, 0.717) is 13.1 Å². The number of methoxy groups -OCH3 is 1. The average Bonchev–Trinajstić information content (AvgIpc) is 2.76. The molecule has 1 unspecified atom stereocenters. The molecule has 2 aromatic rings. The summed E-state index contributed by atoms with van der Waals surface area (Å²) < 4.78 is 7.00. The molecule has 0 bridgehead atoms. The maximum atomic E-state index is 13.1. The van der Waals surface area contributed by atoms with E-state index in [1.807, 2.05) is 37.3 Å². The minimum Gasteiger partial charge on any atom is -0.469 e. The van der Waals surface area contributed by atoms with Crippen LogP contribution in [0.1, 0.15) is 36.7 Å². The van der Waals surface area contributed by atoms with Crippen LogP contribution < -0.4 is 17.0 Å². The molecule has 1 aromatic heterocycles. The van der Waals surface area contributed by atoms with Crippen LogP contribution in [0.5, 0.6) is 0 Å². The molecule has 0 radical (unpaired) electrons. The van der Waals surface area contributed by atoms with E-state index in [9.17, 15) is 19.2 Å². The molecule has 9 nitrogen and oxygen atoms in total. The SMILES string of the molecule is CCN(CC(=O)c1c(N)n(Cc2ccccc2)c(=O)n(CC)c1=O)CC(C)C(=O)OC. The summed E-state index contributed by atoms with van der Waals surface area (Å²) in [5.41, 5.74) is 5.54. The van der Waals surface area contributed by atoms with Crippen LogP contribution in [0.4, 0.5) is 5.82 Å². The lowest BCUT2D eigenvalue weighted by atomic mass is 10.1. The first-order chi connectivity index (χ1) is 14.7. The van der Waals surface area contributed by atoms with Crippen LogP contribution in [0, 0.1) is 5.92 Å². The van der Waals surface area contributed by atoms with E-state index >= 15 is 0 Å². The van der Waals surface area contributed by atoms with Crippen LogP contribution >= 0.6 is 0 Å². The van der Waals surface area contributed by atoms with Crippen molar-refractivity contribution in [3.63, 3.8) is 0 Å². The fourth-order valence-electron chi connectivity index (χ4n) is 3.43. The molecule has 0 saturated carbocycles. The van der Waals surface area contributed by atoms with Gasteiger partial charge in [-0.05, 0) is 19.0 Å². The highest BCUT2D eigenvalue weighted by atomic mass is 16.5. The molecule has 0 aliphatic carbocycles. The Kier molecular flexibility index (Phi) is 8.32. The molecular formula is C22H30N4O5. The maximum Gasteiger partial charge on any atom is 0.332 e. The van der Waals surface area contributed by atoms with Gasteiger partial charge in [-0.1, -0.05) is 44.2 Å². The Morgan fingerprint density at radius 2 is 1.77 bits per heavy atom. The molecule has 9 heteroatoms.